The van der Waals surface area contributed by atoms with Crippen LogP contribution in [0.25, 0.3) is 0 Å². The van der Waals surface area contributed by atoms with Crippen molar-refractivity contribution in [1.29, 1.82) is 0 Å². The minimum absolute atomic E-state index is 0.0994. The third kappa shape index (κ3) is 4.62. The first-order chi connectivity index (χ1) is 9.86. The van der Waals surface area contributed by atoms with Gasteiger partial charge in [-0.3, -0.25) is 4.79 Å². The lowest BCUT2D eigenvalue weighted by Crippen LogP contribution is -2.10. The summed E-state index contributed by atoms with van der Waals surface area (Å²) in [6, 6.07) is 15.5. The molecule has 0 N–H and O–H groups in total. The Balaban J connectivity index is 1.98. The normalized spacial score (nSPS) is 11.4. The Kier molecular flexibility index (Phi) is 5.13. The predicted octanol–water partition coefficient (Wildman–Crippen LogP) is 5.61. The number of benzene rings is 2. The molecule has 2 rings (SSSR count). The molecule has 0 heterocycles. The van der Waals surface area contributed by atoms with Crippen LogP contribution in [0.4, 0.5) is 0 Å². The summed E-state index contributed by atoms with van der Waals surface area (Å²) >= 11 is 7.46. The maximum atomic E-state index is 12.1. The van der Waals surface area contributed by atoms with Crippen molar-refractivity contribution >= 4 is 29.1 Å². The van der Waals surface area contributed by atoms with Crippen LogP contribution in [0.2, 0.25) is 5.02 Å². The van der Waals surface area contributed by atoms with E-state index in [0.29, 0.717) is 16.3 Å². The highest BCUT2D eigenvalue weighted by Crippen LogP contribution is 2.26. The number of carbonyl (C=O) groups excluding carboxylic acids is 1. The van der Waals surface area contributed by atoms with E-state index in [1.165, 1.54) is 5.56 Å². The summed E-state index contributed by atoms with van der Waals surface area (Å²) in [7, 11) is 0. The Labute approximate surface area is 135 Å². The smallest absolute Gasteiger partial charge is 0.173 e. The van der Waals surface area contributed by atoms with Crippen molar-refractivity contribution in [2.45, 2.75) is 31.1 Å². The van der Waals surface area contributed by atoms with E-state index in [1.807, 2.05) is 0 Å². The Morgan fingerprint density at radius 3 is 2.33 bits per heavy atom. The number of carbonyl (C=O) groups is 1. The van der Waals surface area contributed by atoms with Crippen LogP contribution in [-0.2, 0) is 5.41 Å². The molecule has 0 atom stereocenters. The molecule has 0 aliphatic heterocycles. The van der Waals surface area contributed by atoms with E-state index in [1.54, 1.807) is 36.0 Å². The second kappa shape index (κ2) is 6.67. The topological polar surface area (TPSA) is 17.1 Å². The van der Waals surface area contributed by atoms with Crippen LogP contribution in [0.15, 0.2) is 53.4 Å². The molecule has 0 unspecified atom stereocenters. The monoisotopic (exact) mass is 318 g/mol. The maximum absolute atomic E-state index is 12.1. The molecule has 0 bridgehead atoms. The molecular formula is C18H19ClOS. The van der Waals surface area contributed by atoms with Crippen molar-refractivity contribution in [2.75, 3.05) is 5.75 Å². The van der Waals surface area contributed by atoms with Gasteiger partial charge in [0, 0.05) is 15.5 Å². The summed E-state index contributed by atoms with van der Waals surface area (Å²) in [5.74, 6) is 0.525. The third-order valence-electron chi connectivity index (χ3n) is 3.24. The largest absolute Gasteiger partial charge is 0.293 e. The predicted molar refractivity (Wildman–Crippen MR) is 91.6 cm³/mol. The summed E-state index contributed by atoms with van der Waals surface area (Å²) in [4.78, 5) is 13.2. The first-order valence-corrected chi connectivity index (χ1v) is 8.25. The Bertz CT molecular complexity index is 626. The maximum Gasteiger partial charge on any atom is 0.173 e. The molecule has 110 valence electrons. The van der Waals surface area contributed by atoms with E-state index in [9.17, 15) is 4.79 Å². The zero-order valence-corrected chi connectivity index (χ0v) is 14.1. The number of halogens is 1. The van der Waals surface area contributed by atoms with Gasteiger partial charge in [-0.25, -0.2) is 0 Å². The number of hydrogen-bond donors (Lipinski definition) is 0. The van der Waals surface area contributed by atoms with E-state index >= 15 is 0 Å². The van der Waals surface area contributed by atoms with Crippen molar-refractivity contribution in [3.8, 4) is 0 Å². The number of ketones is 1. The van der Waals surface area contributed by atoms with E-state index in [2.05, 4.69) is 45.0 Å². The van der Waals surface area contributed by atoms with Gasteiger partial charge in [0.1, 0.15) is 0 Å². The average Bonchev–Trinajstić information content (AvgIpc) is 2.44. The number of rotatable bonds is 4. The molecule has 3 heteroatoms. The fourth-order valence-corrected chi connectivity index (χ4v) is 2.93. The molecular weight excluding hydrogens is 300 g/mol. The summed E-state index contributed by atoms with van der Waals surface area (Å²) in [5.41, 5.74) is 2.12. The zero-order valence-electron chi connectivity index (χ0n) is 12.5. The van der Waals surface area contributed by atoms with Gasteiger partial charge in [0.05, 0.1) is 5.75 Å². The zero-order chi connectivity index (χ0) is 15.5. The quantitative estimate of drug-likeness (QED) is 0.538. The van der Waals surface area contributed by atoms with Crippen molar-refractivity contribution in [2.24, 2.45) is 0 Å². The van der Waals surface area contributed by atoms with Crippen LogP contribution in [0, 0.1) is 0 Å². The minimum atomic E-state index is 0.0994. The van der Waals surface area contributed by atoms with Crippen LogP contribution >= 0.6 is 23.4 Å². The molecule has 2 aromatic carbocycles. The van der Waals surface area contributed by atoms with Gasteiger partial charge in [-0.05, 0) is 35.2 Å². The molecule has 0 aliphatic rings. The van der Waals surface area contributed by atoms with Crippen molar-refractivity contribution in [1.82, 2.24) is 0 Å². The first kappa shape index (κ1) is 16.1. The molecule has 0 amide bonds. The van der Waals surface area contributed by atoms with E-state index in [4.69, 9.17) is 11.6 Å². The van der Waals surface area contributed by atoms with Crippen LogP contribution < -0.4 is 0 Å². The fraction of sp³-hybridized carbons (Fsp3) is 0.278. The number of hydrogen-bond acceptors (Lipinski definition) is 2. The molecule has 0 radical (unpaired) electrons. The van der Waals surface area contributed by atoms with Gasteiger partial charge in [0.2, 0.25) is 0 Å². The highest BCUT2D eigenvalue weighted by molar-refractivity contribution is 8.00. The minimum Gasteiger partial charge on any atom is -0.293 e. The van der Waals surface area contributed by atoms with Crippen molar-refractivity contribution < 1.29 is 4.79 Å². The van der Waals surface area contributed by atoms with Crippen LogP contribution in [0.1, 0.15) is 36.7 Å². The van der Waals surface area contributed by atoms with Gasteiger partial charge in [-0.15, -0.1) is 11.8 Å². The average molecular weight is 319 g/mol. The van der Waals surface area contributed by atoms with Gasteiger partial charge in [-0.2, -0.15) is 0 Å². The van der Waals surface area contributed by atoms with Crippen LogP contribution in [0.5, 0.6) is 0 Å². The van der Waals surface area contributed by atoms with E-state index < -0.39 is 0 Å². The van der Waals surface area contributed by atoms with Gasteiger partial charge < -0.3 is 0 Å². The summed E-state index contributed by atoms with van der Waals surface area (Å²) < 4.78 is 0. The lowest BCUT2D eigenvalue weighted by molar-refractivity contribution is 0.102. The van der Waals surface area contributed by atoms with Gasteiger partial charge in [0.15, 0.2) is 5.78 Å². The number of thioether (sulfide) groups is 1. The summed E-state index contributed by atoms with van der Waals surface area (Å²) in [6.45, 7) is 6.58. The van der Waals surface area contributed by atoms with Crippen LogP contribution in [-0.4, -0.2) is 11.5 Å². The molecule has 2 aromatic rings. The molecule has 0 spiro atoms. The number of Topliss-reactive ketones (excluding diaryl/α,β-unsaturated/α-hetero) is 1. The summed E-state index contributed by atoms with van der Waals surface area (Å²) in [5, 5.41) is 0.598. The molecule has 21 heavy (non-hydrogen) atoms. The van der Waals surface area contributed by atoms with E-state index in [-0.39, 0.29) is 11.2 Å². The highest BCUT2D eigenvalue weighted by Gasteiger charge is 2.13. The highest BCUT2D eigenvalue weighted by atomic mass is 35.5. The second-order valence-electron chi connectivity index (χ2n) is 6.00. The molecule has 0 aliphatic carbocycles. The Hall–Kier alpha value is -1.25. The molecule has 0 fully saturated rings. The van der Waals surface area contributed by atoms with Crippen molar-refractivity contribution in [3.63, 3.8) is 0 Å². The molecule has 0 aromatic heterocycles. The Morgan fingerprint density at radius 1 is 1.10 bits per heavy atom. The van der Waals surface area contributed by atoms with Crippen LogP contribution in [0.3, 0.4) is 0 Å². The fourth-order valence-electron chi connectivity index (χ4n) is 1.95. The molecule has 0 saturated heterocycles. The lowest BCUT2D eigenvalue weighted by Gasteiger charge is -2.19. The van der Waals surface area contributed by atoms with Crippen molar-refractivity contribution in [3.05, 3.63) is 64.7 Å². The third-order valence-corrected chi connectivity index (χ3v) is 4.48. The molecule has 1 nitrogen and oxygen atoms in total. The summed E-state index contributed by atoms with van der Waals surface area (Å²) in [6.07, 6.45) is 0. The van der Waals surface area contributed by atoms with Gasteiger partial charge in [0.25, 0.3) is 0 Å². The second-order valence-corrected chi connectivity index (χ2v) is 7.48. The standard InChI is InChI=1S/C18H19ClOS/c1-18(2,3)14-7-9-16(10-8-14)21-12-17(20)13-5-4-6-15(19)11-13/h4-11H,12H2,1-3H3. The Morgan fingerprint density at radius 2 is 1.76 bits per heavy atom. The lowest BCUT2D eigenvalue weighted by atomic mass is 9.87. The van der Waals surface area contributed by atoms with Gasteiger partial charge in [-0.1, -0.05) is 56.6 Å². The SMILES string of the molecule is CC(C)(C)c1ccc(SCC(=O)c2cccc(Cl)c2)cc1. The first-order valence-electron chi connectivity index (χ1n) is 6.88. The van der Waals surface area contributed by atoms with Gasteiger partial charge >= 0.3 is 0 Å². The van der Waals surface area contributed by atoms with E-state index in [0.717, 1.165) is 4.90 Å². The molecule has 0 saturated carbocycles.